The van der Waals surface area contributed by atoms with Gasteiger partial charge in [0.25, 0.3) is 11.9 Å². The van der Waals surface area contributed by atoms with E-state index in [2.05, 4.69) is 20.6 Å². The van der Waals surface area contributed by atoms with Gasteiger partial charge in [0.2, 0.25) is 5.91 Å². The van der Waals surface area contributed by atoms with Crippen LogP contribution < -0.4 is 10.6 Å². The first-order valence-corrected chi connectivity index (χ1v) is 12.2. The predicted octanol–water partition coefficient (Wildman–Crippen LogP) is 1.57. The molecule has 1 unspecified atom stereocenters. The number of rotatable bonds is 11. The molecule has 0 radical (unpaired) electrons. The first-order valence-electron chi connectivity index (χ1n) is 12.2. The standard InChI is InChI=1S/C25H31BN4O7/c1-4-25(24(34)35)14-21(31)36-26(37-25)20(12-16(2)3)30-22(32)18(13-17-8-6-5-7-9-17)29-23(33)19-15-27-10-11-28-19/h5-11,15-16,18,20H,4,12-14H2,1-3H3,(H,29,33)(H,30,32)(H,34,35)/t18-,20-,25?/m0/s1. The van der Waals surface area contributed by atoms with Crippen LogP contribution in [0.2, 0.25) is 0 Å². The van der Waals surface area contributed by atoms with Crippen LogP contribution in [-0.2, 0) is 30.1 Å². The number of nitrogens with zero attached hydrogens (tertiary/aromatic N) is 2. The Bertz CT molecular complexity index is 1100. The molecule has 1 aromatic heterocycles. The Kier molecular flexibility index (Phi) is 9.34. The Morgan fingerprint density at radius 1 is 1.16 bits per heavy atom. The summed E-state index contributed by atoms with van der Waals surface area (Å²) < 4.78 is 11.2. The van der Waals surface area contributed by atoms with E-state index >= 15 is 0 Å². The number of carbonyl (C=O) groups excluding carboxylic acids is 3. The average Bonchev–Trinajstić information content (AvgIpc) is 2.88. The highest BCUT2D eigenvalue weighted by molar-refractivity contribution is 6.50. The van der Waals surface area contributed by atoms with Gasteiger partial charge >= 0.3 is 13.1 Å². The Morgan fingerprint density at radius 3 is 2.49 bits per heavy atom. The van der Waals surface area contributed by atoms with E-state index in [-0.39, 0.29) is 24.5 Å². The van der Waals surface area contributed by atoms with E-state index in [9.17, 15) is 24.3 Å². The van der Waals surface area contributed by atoms with Gasteiger partial charge in [-0.1, -0.05) is 51.1 Å². The van der Waals surface area contributed by atoms with Crippen LogP contribution >= 0.6 is 0 Å². The second kappa shape index (κ2) is 12.4. The third-order valence-electron chi connectivity index (χ3n) is 6.06. The molecule has 0 bridgehead atoms. The molecule has 1 aliphatic heterocycles. The van der Waals surface area contributed by atoms with Crippen molar-refractivity contribution in [2.75, 3.05) is 0 Å². The van der Waals surface area contributed by atoms with Gasteiger partial charge in [-0.3, -0.25) is 19.4 Å². The number of hydrogen-bond donors (Lipinski definition) is 3. The van der Waals surface area contributed by atoms with Crippen molar-refractivity contribution in [3.05, 3.63) is 60.2 Å². The highest BCUT2D eigenvalue weighted by Crippen LogP contribution is 2.29. The summed E-state index contributed by atoms with van der Waals surface area (Å²) in [5.41, 5.74) is -0.895. The predicted molar refractivity (Wildman–Crippen MR) is 133 cm³/mol. The highest BCUT2D eigenvalue weighted by atomic mass is 16.6. The second-order valence-electron chi connectivity index (χ2n) is 9.36. The summed E-state index contributed by atoms with van der Waals surface area (Å²) in [7, 11) is -1.31. The van der Waals surface area contributed by atoms with Gasteiger partial charge < -0.3 is 25.0 Å². The lowest BCUT2D eigenvalue weighted by atomic mass is 9.70. The summed E-state index contributed by atoms with van der Waals surface area (Å²) in [5.74, 6) is -3.94. The summed E-state index contributed by atoms with van der Waals surface area (Å²) >= 11 is 0. The summed E-state index contributed by atoms with van der Waals surface area (Å²) in [6, 6.07) is 8.13. The van der Waals surface area contributed by atoms with Gasteiger partial charge in [-0.2, -0.15) is 0 Å². The molecule has 0 saturated carbocycles. The molecule has 196 valence electrons. The molecule has 0 aliphatic carbocycles. The molecule has 12 heteroatoms. The Hall–Kier alpha value is -3.80. The zero-order chi connectivity index (χ0) is 27.0. The maximum Gasteiger partial charge on any atom is 0.552 e. The lowest BCUT2D eigenvalue weighted by Crippen LogP contribution is -2.62. The van der Waals surface area contributed by atoms with Crippen LogP contribution in [0.15, 0.2) is 48.9 Å². The molecule has 2 heterocycles. The summed E-state index contributed by atoms with van der Waals surface area (Å²) in [6.45, 7) is 5.43. The second-order valence-corrected chi connectivity index (χ2v) is 9.36. The molecule has 3 atom stereocenters. The minimum Gasteiger partial charge on any atom is -0.508 e. The van der Waals surface area contributed by atoms with Crippen molar-refractivity contribution in [1.29, 1.82) is 0 Å². The van der Waals surface area contributed by atoms with Crippen LogP contribution in [0.25, 0.3) is 0 Å². The van der Waals surface area contributed by atoms with Crippen molar-refractivity contribution in [2.45, 2.75) is 64.0 Å². The van der Waals surface area contributed by atoms with Crippen molar-refractivity contribution in [3.63, 3.8) is 0 Å². The van der Waals surface area contributed by atoms with Crippen molar-refractivity contribution in [2.24, 2.45) is 5.92 Å². The van der Waals surface area contributed by atoms with Gasteiger partial charge in [0.15, 0.2) is 5.60 Å². The number of nitrogens with one attached hydrogen (secondary N) is 2. The minimum atomic E-state index is -1.75. The van der Waals surface area contributed by atoms with E-state index < -0.39 is 54.9 Å². The van der Waals surface area contributed by atoms with E-state index in [0.29, 0.717) is 6.42 Å². The monoisotopic (exact) mass is 510 g/mol. The summed E-state index contributed by atoms with van der Waals surface area (Å²) in [4.78, 5) is 58.5. The van der Waals surface area contributed by atoms with Crippen LogP contribution in [0.1, 0.15) is 56.1 Å². The van der Waals surface area contributed by atoms with Crippen LogP contribution in [0.4, 0.5) is 0 Å². The molecule has 37 heavy (non-hydrogen) atoms. The lowest BCUT2D eigenvalue weighted by Gasteiger charge is -2.38. The average molecular weight is 510 g/mol. The Labute approximate surface area is 215 Å². The molecule has 1 aromatic carbocycles. The van der Waals surface area contributed by atoms with E-state index in [1.165, 1.54) is 18.6 Å². The summed E-state index contributed by atoms with van der Waals surface area (Å²) in [5, 5.41) is 15.3. The van der Waals surface area contributed by atoms with Gasteiger partial charge in [0.1, 0.15) is 11.7 Å². The SMILES string of the molecule is CCC1(C(=O)O)CC(=O)OB([C@H](CC(C)C)NC(=O)[C@H](Cc2ccccc2)NC(=O)c2cnccn2)O1. The molecule has 3 N–H and O–H groups in total. The van der Waals surface area contributed by atoms with Crippen molar-refractivity contribution >= 4 is 30.9 Å². The van der Waals surface area contributed by atoms with Gasteiger partial charge in [-0.05, 0) is 24.3 Å². The summed E-state index contributed by atoms with van der Waals surface area (Å²) in [6.07, 6.45) is 4.21. The topological polar surface area (TPSA) is 157 Å². The van der Waals surface area contributed by atoms with Crippen molar-refractivity contribution in [1.82, 2.24) is 20.6 Å². The molecule has 0 spiro atoms. The zero-order valence-electron chi connectivity index (χ0n) is 21.0. The molecule has 2 aromatic rings. The fourth-order valence-corrected chi connectivity index (χ4v) is 4.08. The van der Waals surface area contributed by atoms with Gasteiger partial charge in [0.05, 0.1) is 18.6 Å². The van der Waals surface area contributed by atoms with E-state index in [1.54, 1.807) is 6.92 Å². The molecular formula is C25H31BN4O7. The van der Waals surface area contributed by atoms with Gasteiger partial charge in [-0.15, -0.1) is 0 Å². The smallest absolute Gasteiger partial charge is 0.508 e. The largest absolute Gasteiger partial charge is 0.552 e. The highest BCUT2D eigenvalue weighted by Gasteiger charge is 2.52. The van der Waals surface area contributed by atoms with Gasteiger partial charge in [0, 0.05) is 18.8 Å². The molecule has 11 nitrogen and oxygen atoms in total. The fraction of sp³-hybridized carbons (Fsp3) is 0.440. The Morgan fingerprint density at radius 2 is 1.89 bits per heavy atom. The number of carbonyl (C=O) groups is 4. The number of benzene rings is 1. The number of hydrogen-bond acceptors (Lipinski definition) is 8. The zero-order valence-corrected chi connectivity index (χ0v) is 21.0. The normalized spacial score (nSPS) is 19.0. The van der Waals surface area contributed by atoms with E-state index in [4.69, 9.17) is 9.31 Å². The van der Waals surface area contributed by atoms with Crippen LogP contribution in [-0.4, -0.2) is 63.5 Å². The molecule has 1 aliphatic rings. The van der Waals surface area contributed by atoms with Gasteiger partial charge in [-0.25, -0.2) is 9.78 Å². The van der Waals surface area contributed by atoms with Crippen LogP contribution in [0, 0.1) is 5.92 Å². The third-order valence-corrected chi connectivity index (χ3v) is 6.06. The fourth-order valence-electron chi connectivity index (χ4n) is 4.08. The van der Waals surface area contributed by atoms with Crippen LogP contribution in [0.3, 0.4) is 0 Å². The first kappa shape index (κ1) is 27.8. The van der Waals surface area contributed by atoms with E-state index in [1.807, 2.05) is 44.2 Å². The number of amides is 2. The molecular weight excluding hydrogens is 479 g/mol. The minimum absolute atomic E-state index is 0.0390. The molecule has 1 saturated heterocycles. The maximum absolute atomic E-state index is 13.5. The van der Waals surface area contributed by atoms with Crippen molar-refractivity contribution < 1.29 is 33.6 Å². The lowest BCUT2D eigenvalue weighted by molar-refractivity contribution is -0.171. The quantitative estimate of drug-likeness (QED) is 0.382. The number of aliphatic carboxylic acids is 1. The van der Waals surface area contributed by atoms with E-state index in [0.717, 1.165) is 5.56 Å². The number of carboxylic acids is 1. The third kappa shape index (κ3) is 7.35. The Balaban J connectivity index is 1.85. The maximum atomic E-state index is 13.5. The van der Waals surface area contributed by atoms with Crippen LogP contribution in [0.5, 0.6) is 0 Å². The molecule has 1 fully saturated rings. The molecule has 3 rings (SSSR count). The number of aromatic nitrogens is 2. The first-order chi connectivity index (χ1) is 17.6. The molecule has 2 amide bonds. The van der Waals surface area contributed by atoms with Crippen molar-refractivity contribution in [3.8, 4) is 0 Å². The number of carboxylic acid groups (broad SMARTS) is 1.